The average molecular weight is 485 g/mol. The molecule has 8 nitrogen and oxygen atoms in total. The second-order valence-corrected chi connectivity index (χ2v) is 9.59. The van der Waals surface area contributed by atoms with E-state index < -0.39 is 18.0 Å². The van der Waals surface area contributed by atoms with Crippen molar-refractivity contribution in [2.45, 2.75) is 123 Å². The number of unbranched alkanes of at least 4 members (excludes halogenated alkanes) is 13. The highest BCUT2D eigenvalue weighted by Gasteiger charge is 2.22. The fourth-order valence-electron chi connectivity index (χ4n) is 3.77. The number of aliphatic carboxylic acids is 1. The molecule has 0 fully saturated rings. The minimum absolute atomic E-state index is 0.0767. The van der Waals surface area contributed by atoms with Crippen LogP contribution in [0, 0.1) is 5.92 Å². The maximum atomic E-state index is 11.8. The average Bonchev–Trinajstić information content (AvgIpc) is 2.79. The van der Waals surface area contributed by atoms with E-state index in [0.717, 1.165) is 45.1 Å². The summed E-state index contributed by atoms with van der Waals surface area (Å²) in [7, 11) is 0. The van der Waals surface area contributed by atoms with Crippen molar-refractivity contribution in [3.8, 4) is 0 Å². The van der Waals surface area contributed by atoms with Crippen LogP contribution in [0.15, 0.2) is 0 Å². The number of hydrogen-bond donors (Lipinski definition) is 5. The number of nitrogens with one attached hydrogen (secondary N) is 4. The summed E-state index contributed by atoms with van der Waals surface area (Å²) in [4.78, 5) is 34.6. The number of urea groups is 2. The Kier molecular flexibility index (Phi) is 21.5. The number of rotatable bonds is 22. The normalized spacial score (nSPS) is 11.8. The maximum absolute atomic E-state index is 11.8. The standard InChI is InChI=1S/C26H52N4O4/c1-4-5-6-7-8-9-10-11-13-16-19-27-25(33)28-20-17-14-12-15-18-21-29-26(34)30-23(22(2)3)24(31)32/h22-23H,4-21H2,1-3H3,(H,31,32)(H2,27,28,33)(H2,29,30,34)/t23-/m0/s1. The third-order valence-electron chi connectivity index (χ3n) is 5.96. The van der Waals surface area contributed by atoms with Crippen LogP contribution in [0.3, 0.4) is 0 Å². The number of carboxylic acids is 1. The van der Waals surface area contributed by atoms with Gasteiger partial charge in [0.25, 0.3) is 0 Å². The van der Waals surface area contributed by atoms with Gasteiger partial charge in [0.1, 0.15) is 6.04 Å². The molecule has 0 aromatic heterocycles. The molecule has 0 radical (unpaired) electrons. The highest BCUT2D eigenvalue weighted by molar-refractivity contribution is 5.82. The van der Waals surface area contributed by atoms with Gasteiger partial charge in [-0.15, -0.1) is 0 Å². The second kappa shape index (κ2) is 22.8. The zero-order valence-corrected chi connectivity index (χ0v) is 22.1. The van der Waals surface area contributed by atoms with Gasteiger partial charge < -0.3 is 26.4 Å². The van der Waals surface area contributed by atoms with Gasteiger partial charge in [-0.1, -0.05) is 97.8 Å². The van der Waals surface area contributed by atoms with Gasteiger partial charge in [0.2, 0.25) is 0 Å². The van der Waals surface area contributed by atoms with E-state index in [1.54, 1.807) is 13.8 Å². The molecule has 0 spiro atoms. The van der Waals surface area contributed by atoms with Crippen LogP contribution in [-0.4, -0.2) is 48.8 Å². The number of carbonyl (C=O) groups is 3. The quantitative estimate of drug-likeness (QED) is 0.129. The summed E-state index contributed by atoms with van der Waals surface area (Å²) in [5, 5.41) is 20.1. The number of carbonyl (C=O) groups excluding carboxylic acids is 2. The van der Waals surface area contributed by atoms with E-state index in [4.69, 9.17) is 5.11 Å². The molecule has 0 aliphatic carbocycles. The first-order valence-corrected chi connectivity index (χ1v) is 13.7. The molecule has 34 heavy (non-hydrogen) atoms. The van der Waals surface area contributed by atoms with Crippen molar-refractivity contribution in [2.24, 2.45) is 5.92 Å². The second-order valence-electron chi connectivity index (χ2n) is 9.59. The Labute approximate surface area is 207 Å². The maximum Gasteiger partial charge on any atom is 0.326 e. The lowest BCUT2D eigenvalue weighted by Gasteiger charge is -2.18. The van der Waals surface area contributed by atoms with Gasteiger partial charge in [0.05, 0.1) is 0 Å². The predicted octanol–water partition coefficient (Wildman–Crippen LogP) is 5.57. The SMILES string of the molecule is CCCCCCCCCCCCNC(=O)NCCCCCCCNC(=O)N[C@H](C(=O)O)C(C)C. The number of carboxylic acid groups (broad SMARTS) is 1. The summed E-state index contributed by atoms with van der Waals surface area (Å²) in [5.41, 5.74) is 0. The predicted molar refractivity (Wildman–Crippen MR) is 139 cm³/mol. The molecule has 0 aromatic rings. The molecule has 0 saturated carbocycles. The lowest BCUT2D eigenvalue weighted by atomic mass is 10.1. The van der Waals surface area contributed by atoms with Gasteiger partial charge in [0.15, 0.2) is 0 Å². The van der Waals surface area contributed by atoms with Crippen molar-refractivity contribution < 1.29 is 19.5 Å². The Bertz CT molecular complexity index is 529. The molecule has 0 aliphatic rings. The van der Waals surface area contributed by atoms with Gasteiger partial charge in [0, 0.05) is 19.6 Å². The van der Waals surface area contributed by atoms with Gasteiger partial charge in [-0.25, -0.2) is 14.4 Å². The summed E-state index contributed by atoms with van der Waals surface area (Å²) in [6.45, 7) is 7.71. The Morgan fingerprint density at radius 3 is 1.29 bits per heavy atom. The zero-order valence-electron chi connectivity index (χ0n) is 22.1. The minimum atomic E-state index is -1.02. The summed E-state index contributed by atoms with van der Waals surface area (Å²) >= 11 is 0. The van der Waals surface area contributed by atoms with E-state index in [9.17, 15) is 14.4 Å². The van der Waals surface area contributed by atoms with E-state index in [-0.39, 0.29) is 11.9 Å². The molecule has 0 unspecified atom stereocenters. The molecule has 0 saturated heterocycles. The highest BCUT2D eigenvalue weighted by atomic mass is 16.4. The van der Waals surface area contributed by atoms with Gasteiger partial charge in [-0.3, -0.25) is 0 Å². The topological polar surface area (TPSA) is 120 Å². The van der Waals surface area contributed by atoms with Gasteiger partial charge in [-0.2, -0.15) is 0 Å². The van der Waals surface area contributed by atoms with Crippen LogP contribution in [-0.2, 0) is 4.79 Å². The van der Waals surface area contributed by atoms with Crippen molar-refractivity contribution in [2.75, 3.05) is 19.6 Å². The van der Waals surface area contributed by atoms with E-state index in [2.05, 4.69) is 28.2 Å². The molecule has 200 valence electrons. The fraction of sp³-hybridized carbons (Fsp3) is 0.885. The zero-order chi connectivity index (χ0) is 25.4. The van der Waals surface area contributed by atoms with E-state index in [1.165, 1.54) is 57.8 Å². The fourth-order valence-corrected chi connectivity index (χ4v) is 3.77. The Hall–Kier alpha value is -1.99. The third-order valence-corrected chi connectivity index (χ3v) is 5.96. The Morgan fingerprint density at radius 2 is 0.941 bits per heavy atom. The first-order valence-electron chi connectivity index (χ1n) is 13.7. The minimum Gasteiger partial charge on any atom is -0.480 e. The monoisotopic (exact) mass is 484 g/mol. The molecule has 0 aromatic carbocycles. The third kappa shape index (κ3) is 20.6. The molecule has 0 bridgehead atoms. The molecule has 5 N–H and O–H groups in total. The summed E-state index contributed by atoms with van der Waals surface area (Å²) in [5.74, 6) is -1.19. The highest BCUT2D eigenvalue weighted by Crippen LogP contribution is 2.10. The van der Waals surface area contributed by atoms with Crippen LogP contribution in [0.4, 0.5) is 9.59 Å². The van der Waals surface area contributed by atoms with Gasteiger partial charge in [-0.05, 0) is 25.2 Å². The van der Waals surface area contributed by atoms with E-state index >= 15 is 0 Å². The molecular weight excluding hydrogens is 432 g/mol. The van der Waals surface area contributed by atoms with Crippen LogP contribution < -0.4 is 21.3 Å². The van der Waals surface area contributed by atoms with Crippen molar-refractivity contribution in [3.05, 3.63) is 0 Å². The molecule has 0 rings (SSSR count). The summed E-state index contributed by atoms with van der Waals surface area (Å²) in [6, 6.07) is -1.39. The molecule has 1 atom stereocenters. The Balaban J connectivity index is 3.40. The van der Waals surface area contributed by atoms with E-state index in [1.807, 2.05) is 0 Å². The van der Waals surface area contributed by atoms with Crippen LogP contribution in [0.1, 0.15) is 117 Å². The number of amides is 4. The molecule has 0 aliphatic heterocycles. The van der Waals surface area contributed by atoms with Crippen molar-refractivity contribution in [1.82, 2.24) is 21.3 Å². The largest absolute Gasteiger partial charge is 0.480 e. The van der Waals surface area contributed by atoms with Crippen molar-refractivity contribution >= 4 is 18.0 Å². The molecule has 8 heteroatoms. The molecule has 0 heterocycles. The van der Waals surface area contributed by atoms with Crippen molar-refractivity contribution in [1.29, 1.82) is 0 Å². The lowest BCUT2D eigenvalue weighted by molar-refractivity contribution is -0.140. The Morgan fingerprint density at radius 1 is 0.588 bits per heavy atom. The first kappa shape index (κ1) is 32.0. The summed E-state index contributed by atoms with van der Waals surface area (Å²) in [6.07, 6.45) is 17.8. The molecular formula is C26H52N4O4. The lowest BCUT2D eigenvalue weighted by Crippen LogP contribution is -2.48. The van der Waals surface area contributed by atoms with Crippen LogP contribution in [0.25, 0.3) is 0 Å². The number of hydrogen-bond acceptors (Lipinski definition) is 3. The van der Waals surface area contributed by atoms with Crippen LogP contribution >= 0.6 is 0 Å². The van der Waals surface area contributed by atoms with E-state index in [0.29, 0.717) is 13.1 Å². The van der Waals surface area contributed by atoms with Crippen molar-refractivity contribution in [3.63, 3.8) is 0 Å². The van der Waals surface area contributed by atoms with Crippen LogP contribution in [0.5, 0.6) is 0 Å². The summed E-state index contributed by atoms with van der Waals surface area (Å²) < 4.78 is 0. The van der Waals surface area contributed by atoms with Crippen LogP contribution in [0.2, 0.25) is 0 Å². The first-order chi connectivity index (χ1) is 16.4. The molecule has 4 amide bonds. The van der Waals surface area contributed by atoms with Gasteiger partial charge >= 0.3 is 18.0 Å². The smallest absolute Gasteiger partial charge is 0.326 e.